The van der Waals surface area contributed by atoms with E-state index in [1.54, 1.807) is 18.2 Å². The van der Waals surface area contributed by atoms with E-state index >= 15 is 0 Å². The second-order valence-electron chi connectivity index (χ2n) is 2.93. The largest absolute Gasteiger partial charge is 0.355 e. The molecular weight excluding hydrogens is 268 g/mol. The van der Waals surface area contributed by atoms with E-state index < -0.39 is 12.2 Å². The molecule has 78 valence electrons. The van der Waals surface area contributed by atoms with Crippen molar-refractivity contribution in [3.8, 4) is 11.3 Å². The summed E-state index contributed by atoms with van der Waals surface area (Å²) in [6, 6.07) is 8.45. The van der Waals surface area contributed by atoms with Crippen LogP contribution in [0.2, 0.25) is 0 Å². The van der Waals surface area contributed by atoms with Gasteiger partial charge in [-0.15, -0.1) is 0 Å². The third-order valence-electron chi connectivity index (χ3n) is 1.86. The quantitative estimate of drug-likeness (QED) is 0.825. The highest BCUT2D eigenvalue weighted by Crippen LogP contribution is 2.26. The lowest BCUT2D eigenvalue weighted by atomic mass is 10.1. The SMILES string of the molecule is FC(F)c1cc(-c2cccc(Br)c2)no1. The molecule has 0 saturated carbocycles. The molecule has 0 aliphatic rings. The molecular formula is C10H6BrF2NO. The fraction of sp³-hybridized carbons (Fsp3) is 0.100. The van der Waals surface area contributed by atoms with Gasteiger partial charge in [-0.1, -0.05) is 33.2 Å². The Balaban J connectivity index is 2.37. The summed E-state index contributed by atoms with van der Waals surface area (Å²) >= 11 is 3.29. The molecule has 1 aromatic carbocycles. The molecule has 15 heavy (non-hydrogen) atoms. The van der Waals surface area contributed by atoms with Crippen molar-refractivity contribution in [1.82, 2.24) is 5.16 Å². The molecule has 1 aromatic heterocycles. The zero-order valence-corrected chi connectivity index (χ0v) is 9.04. The van der Waals surface area contributed by atoms with E-state index in [9.17, 15) is 8.78 Å². The van der Waals surface area contributed by atoms with Gasteiger partial charge in [-0.3, -0.25) is 0 Å². The van der Waals surface area contributed by atoms with E-state index in [0.717, 1.165) is 10.0 Å². The fourth-order valence-corrected chi connectivity index (χ4v) is 1.58. The van der Waals surface area contributed by atoms with E-state index in [4.69, 9.17) is 0 Å². The molecule has 0 saturated heterocycles. The number of rotatable bonds is 2. The summed E-state index contributed by atoms with van der Waals surface area (Å²) in [5.74, 6) is -0.412. The molecule has 0 atom stereocenters. The average molecular weight is 274 g/mol. The number of aromatic nitrogens is 1. The summed E-state index contributed by atoms with van der Waals surface area (Å²) in [5, 5.41) is 3.57. The van der Waals surface area contributed by atoms with E-state index in [2.05, 4.69) is 25.6 Å². The second kappa shape index (κ2) is 4.10. The second-order valence-corrected chi connectivity index (χ2v) is 3.84. The van der Waals surface area contributed by atoms with Crippen molar-refractivity contribution < 1.29 is 13.3 Å². The van der Waals surface area contributed by atoms with Crippen LogP contribution in [0.1, 0.15) is 12.2 Å². The van der Waals surface area contributed by atoms with Crippen molar-refractivity contribution in [3.05, 3.63) is 40.6 Å². The average Bonchev–Trinajstić information content (AvgIpc) is 2.66. The minimum Gasteiger partial charge on any atom is -0.355 e. The maximum absolute atomic E-state index is 12.2. The first kappa shape index (κ1) is 10.3. The molecule has 0 spiro atoms. The Bertz CT molecular complexity index is 470. The molecule has 0 unspecified atom stereocenters. The summed E-state index contributed by atoms with van der Waals surface area (Å²) in [4.78, 5) is 0. The Kier molecular flexibility index (Phi) is 2.81. The van der Waals surface area contributed by atoms with Crippen LogP contribution in [-0.2, 0) is 0 Å². The van der Waals surface area contributed by atoms with Gasteiger partial charge in [-0.2, -0.15) is 0 Å². The van der Waals surface area contributed by atoms with Crippen LogP contribution in [0.5, 0.6) is 0 Å². The molecule has 2 rings (SSSR count). The van der Waals surface area contributed by atoms with E-state index in [-0.39, 0.29) is 0 Å². The lowest BCUT2D eigenvalue weighted by molar-refractivity contribution is 0.112. The highest BCUT2D eigenvalue weighted by atomic mass is 79.9. The van der Waals surface area contributed by atoms with Gasteiger partial charge in [-0.05, 0) is 12.1 Å². The van der Waals surface area contributed by atoms with Gasteiger partial charge in [0.15, 0.2) is 0 Å². The van der Waals surface area contributed by atoms with E-state index in [1.807, 2.05) is 6.07 Å². The number of halogens is 3. The number of hydrogen-bond donors (Lipinski definition) is 0. The van der Waals surface area contributed by atoms with Gasteiger partial charge >= 0.3 is 0 Å². The number of nitrogens with zero attached hydrogens (tertiary/aromatic N) is 1. The lowest BCUT2D eigenvalue weighted by Crippen LogP contribution is -1.77. The first-order valence-corrected chi connectivity index (χ1v) is 4.97. The minimum absolute atomic E-state index is 0.409. The van der Waals surface area contributed by atoms with Crippen molar-refractivity contribution in [2.24, 2.45) is 0 Å². The first-order chi connectivity index (χ1) is 7.16. The molecule has 1 heterocycles. The standard InChI is InChI=1S/C10H6BrF2NO/c11-7-3-1-2-6(4-7)8-5-9(10(12)13)15-14-8/h1-5,10H. The van der Waals surface area contributed by atoms with E-state index in [1.165, 1.54) is 6.07 Å². The molecule has 2 nitrogen and oxygen atoms in total. The molecule has 0 amide bonds. The molecule has 0 bridgehead atoms. The van der Waals surface area contributed by atoms with E-state index in [0.29, 0.717) is 5.69 Å². The Morgan fingerprint density at radius 3 is 2.67 bits per heavy atom. The molecule has 5 heteroatoms. The van der Waals surface area contributed by atoms with Gasteiger partial charge in [0.05, 0.1) is 0 Å². The number of hydrogen-bond acceptors (Lipinski definition) is 2. The fourth-order valence-electron chi connectivity index (χ4n) is 1.18. The lowest BCUT2D eigenvalue weighted by Gasteiger charge is -1.94. The van der Waals surface area contributed by atoms with Crippen LogP contribution in [0.25, 0.3) is 11.3 Å². The van der Waals surface area contributed by atoms with Gasteiger partial charge in [0.1, 0.15) is 5.69 Å². The molecule has 0 N–H and O–H groups in total. The third kappa shape index (κ3) is 2.23. The predicted molar refractivity (Wildman–Crippen MR) is 54.6 cm³/mol. The number of benzene rings is 1. The summed E-state index contributed by atoms with van der Waals surface area (Å²) in [7, 11) is 0. The topological polar surface area (TPSA) is 26.0 Å². The van der Waals surface area contributed by atoms with Crippen molar-refractivity contribution in [1.29, 1.82) is 0 Å². The van der Waals surface area contributed by atoms with Gasteiger partial charge in [0.25, 0.3) is 6.43 Å². The summed E-state index contributed by atoms with van der Waals surface area (Å²) in [6.45, 7) is 0. The van der Waals surface area contributed by atoms with Gasteiger partial charge < -0.3 is 4.52 Å². The molecule has 0 radical (unpaired) electrons. The molecule has 0 fully saturated rings. The molecule has 0 aliphatic heterocycles. The van der Waals surface area contributed by atoms with Crippen LogP contribution in [0.15, 0.2) is 39.3 Å². The van der Waals surface area contributed by atoms with Crippen molar-refractivity contribution >= 4 is 15.9 Å². The molecule has 0 aliphatic carbocycles. The number of alkyl halides is 2. The Morgan fingerprint density at radius 1 is 1.27 bits per heavy atom. The van der Waals surface area contributed by atoms with Crippen LogP contribution >= 0.6 is 15.9 Å². The first-order valence-electron chi connectivity index (χ1n) is 4.17. The minimum atomic E-state index is -2.63. The van der Waals surface area contributed by atoms with Crippen LogP contribution < -0.4 is 0 Å². The Labute approximate surface area is 93.0 Å². The van der Waals surface area contributed by atoms with Crippen LogP contribution in [0.4, 0.5) is 8.78 Å². The highest BCUT2D eigenvalue weighted by molar-refractivity contribution is 9.10. The van der Waals surface area contributed by atoms with Crippen molar-refractivity contribution in [2.75, 3.05) is 0 Å². The summed E-state index contributed by atoms with van der Waals surface area (Å²) < 4.78 is 29.8. The summed E-state index contributed by atoms with van der Waals surface area (Å²) in [5.41, 5.74) is 1.15. The van der Waals surface area contributed by atoms with Gasteiger partial charge in [0, 0.05) is 16.1 Å². The highest BCUT2D eigenvalue weighted by Gasteiger charge is 2.14. The Hall–Kier alpha value is -1.23. The summed E-state index contributed by atoms with van der Waals surface area (Å²) in [6.07, 6.45) is -2.63. The third-order valence-corrected chi connectivity index (χ3v) is 2.36. The maximum atomic E-state index is 12.2. The monoisotopic (exact) mass is 273 g/mol. The maximum Gasteiger partial charge on any atom is 0.298 e. The van der Waals surface area contributed by atoms with Gasteiger partial charge in [0.2, 0.25) is 5.76 Å². The van der Waals surface area contributed by atoms with Gasteiger partial charge in [-0.25, -0.2) is 8.78 Å². The smallest absolute Gasteiger partial charge is 0.298 e. The zero-order chi connectivity index (χ0) is 10.8. The van der Waals surface area contributed by atoms with Crippen LogP contribution in [-0.4, -0.2) is 5.16 Å². The molecule has 2 aromatic rings. The zero-order valence-electron chi connectivity index (χ0n) is 7.45. The van der Waals surface area contributed by atoms with Crippen LogP contribution in [0, 0.1) is 0 Å². The normalized spacial score (nSPS) is 10.9. The van der Waals surface area contributed by atoms with Crippen LogP contribution in [0.3, 0.4) is 0 Å². The predicted octanol–water partition coefficient (Wildman–Crippen LogP) is 4.04. The Morgan fingerprint density at radius 2 is 2.07 bits per heavy atom. The van der Waals surface area contributed by atoms with Crippen molar-refractivity contribution in [2.45, 2.75) is 6.43 Å². The van der Waals surface area contributed by atoms with Crippen molar-refractivity contribution in [3.63, 3.8) is 0 Å².